The number of aryl methyl sites for hydroxylation is 1. The highest BCUT2D eigenvalue weighted by Gasteiger charge is 2.32. The van der Waals surface area contributed by atoms with Gasteiger partial charge < -0.3 is 5.32 Å². The third-order valence-electron chi connectivity index (χ3n) is 5.79. The van der Waals surface area contributed by atoms with Crippen molar-refractivity contribution in [1.29, 1.82) is 0 Å². The summed E-state index contributed by atoms with van der Waals surface area (Å²) in [6, 6.07) is 13.8. The molecule has 1 aromatic heterocycles. The van der Waals surface area contributed by atoms with Crippen LogP contribution in [-0.2, 0) is 11.3 Å². The van der Waals surface area contributed by atoms with Gasteiger partial charge in [0.2, 0.25) is 5.91 Å². The number of amides is 3. The lowest BCUT2D eigenvalue weighted by Gasteiger charge is -2.21. The number of aliphatic imine (C=N–C) groups is 1. The lowest BCUT2D eigenvalue weighted by Crippen LogP contribution is -2.31. The first kappa shape index (κ1) is 27.4. The summed E-state index contributed by atoms with van der Waals surface area (Å²) in [7, 11) is 0. The Morgan fingerprint density at radius 1 is 1.13 bits per heavy atom. The summed E-state index contributed by atoms with van der Waals surface area (Å²) in [4.78, 5) is 35.2. The van der Waals surface area contributed by atoms with E-state index in [1.54, 1.807) is 24.3 Å². The van der Waals surface area contributed by atoms with E-state index in [1.807, 2.05) is 38.1 Å². The van der Waals surface area contributed by atoms with Crippen LogP contribution in [0.4, 0.5) is 29.3 Å². The van der Waals surface area contributed by atoms with Crippen molar-refractivity contribution >= 4 is 40.2 Å². The zero-order chi connectivity index (χ0) is 27.3. The summed E-state index contributed by atoms with van der Waals surface area (Å²) in [5, 5.41) is 7.34. The van der Waals surface area contributed by atoms with Gasteiger partial charge in [-0.1, -0.05) is 43.8 Å². The second kappa shape index (κ2) is 11.8. The molecule has 1 N–H and O–H groups in total. The average molecular weight is 545 g/mol. The van der Waals surface area contributed by atoms with Crippen LogP contribution in [0.2, 0.25) is 0 Å². The number of aromatic nitrogens is 3. The quantitative estimate of drug-likeness (QED) is 0.328. The van der Waals surface area contributed by atoms with Crippen LogP contribution in [-0.4, -0.2) is 43.8 Å². The van der Waals surface area contributed by atoms with Crippen molar-refractivity contribution in [3.8, 4) is 11.4 Å². The number of amidine groups is 1. The fourth-order valence-corrected chi connectivity index (χ4v) is 4.79. The van der Waals surface area contributed by atoms with Crippen LogP contribution in [0.15, 0.2) is 59.9 Å². The Kier molecular flexibility index (Phi) is 8.50. The lowest BCUT2D eigenvalue weighted by atomic mass is 10.0. The van der Waals surface area contributed by atoms with E-state index in [1.165, 1.54) is 27.7 Å². The predicted molar refractivity (Wildman–Crippen MR) is 142 cm³/mol. The van der Waals surface area contributed by atoms with Gasteiger partial charge in [-0.05, 0) is 54.7 Å². The summed E-state index contributed by atoms with van der Waals surface area (Å²) in [6.07, 6.45) is -3.10. The molecule has 0 aliphatic carbocycles. The minimum atomic E-state index is -4.15. The number of unbranched alkanes of at least 4 members (excludes halogenated alkanes) is 1. The molecular formula is C26H27F3N6O2S. The van der Waals surface area contributed by atoms with Gasteiger partial charge in [-0.2, -0.15) is 23.3 Å². The third-order valence-corrected chi connectivity index (χ3v) is 6.71. The Balaban J connectivity index is 1.38. The molecule has 1 saturated heterocycles. The normalized spacial score (nSPS) is 15.1. The van der Waals surface area contributed by atoms with Gasteiger partial charge >= 0.3 is 12.2 Å². The molecule has 2 aromatic carbocycles. The third kappa shape index (κ3) is 7.00. The minimum absolute atomic E-state index is 0.0337. The molecule has 0 radical (unpaired) electrons. The van der Waals surface area contributed by atoms with Gasteiger partial charge in [-0.25, -0.2) is 9.78 Å². The summed E-state index contributed by atoms with van der Waals surface area (Å²) in [5.41, 5.74) is 2.90. The largest absolute Gasteiger partial charge is 0.389 e. The highest BCUT2D eigenvalue weighted by Crippen LogP contribution is 2.33. The second-order valence-electron chi connectivity index (χ2n) is 9.04. The van der Waals surface area contributed by atoms with Crippen molar-refractivity contribution < 1.29 is 22.8 Å². The number of carbonyl (C=O) groups excluding carboxylic acids is 2. The lowest BCUT2D eigenvalue weighted by molar-refractivity contribution is -0.135. The van der Waals surface area contributed by atoms with Gasteiger partial charge in [0, 0.05) is 24.2 Å². The first-order chi connectivity index (χ1) is 18.1. The van der Waals surface area contributed by atoms with Gasteiger partial charge in [0.15, 0.2) is 11.0 Å². The van der Waals surface area contributed by atoms with E-state index in [-0.39, 0.29) is 24.0 Å². The van der Waals surface area contributed by atoms with Gasteiger partial charge in [0.25, 0.3) is 0 Å². The first-order valence-corrected chi connectivity index (χ1v) is 13.1. The zero-order valence-electron chi connectivity index (χ0n) is 20.9. The highest BCUT2D eigenvalue weighted by molar-refractivity contribution is 8.15. The molecule has 12 heteroatoms. The number of nitrogens with zero attached hydrogens (tertiary/aromatic N) is 5. The monoisotopic (exact) mass is 544 g/mol. The van der Waals surface area contributed by atoms with E-state index in [0.29, 0.717) is 35.2 Å². The van der Waals surface area contributed by atoms with Crippen LogP contribution in [0.1, 0.15) is 44.6 Å². The van der Waals surface area contributed by atoms with Gasteiger partial charge in [0.05, 0.1) is 11.4 Å². The van der Waals surface area contributed by atoms with Crippen molar-refractivity contribution in [2.45, 2.75) is 51.7 Å². The van der Waals surface area contributed by atoms with E-state index in [0.717, 1.165) is 11.3 Å². The standard InChI is InChI=1S/C26H27F3N6O2S/c1-17(2)20-7-3-4-8-21(20)35-22(36)15-38-25(35)32-24(37)31-19-11-9-18(10-12-19)23-30-16-34(33-23)14-6-5-13-26(27,28)29/h3-4,7-12,16-17H,5-6,13-15H2,1-2H3,(H,31,37). The second-order valence-corrected chi connectivity index (χ2v) is 9.98. The number of nitrogens with one attached hydrogen (secondary N) is 1. The molecule has 8 nitrogen and oxygen atoms in total. The Morgan fingerprint density at radius 2 is 1.87 bits per heavy atom. The van der Waals surface area contributed by atoms with E-state index < -0.39 is 18.6 Å². The summed E-state index contributed by atoms with van der Waals surface area (Å²) >= 11 is 1.21. The molecule has 200 valence electrons. The van der Waals surface area contributed by atoms with Crippen molar-refractivity contribution in [1.82, 2.24) is 14.8 Å². The van der Waals surface area contributed by atoms with Crippen LogP contribution in [0, 0.1) is 0 Å². The maximum absolute atomic E-state index is 12.7. The van der Waals surface area contributed by atoms with Gasteiger partial charge in [0.1, 0.15) is 6.33 Å². The molecule has 1 aliphatic rings. The fourth-order valence-electron chi connectivity index (χ4n) is 3.94. The molecule has 3 aromatic rings. The van der Waals surface area contributed by atoms with Crippen molar-refractivity contribution in [2.24, 2.45) is 4.99 Å². The number of hydrogen-bond acceptors (Lipinski definition) is 5. The van der Waals surface area contributed by atoms with E-state index in [4.69, 9.17) is 0 Å². The zero-order valence-corrected chi connectivity index (χ0v) is 21.7. The Morgan fingerprint density at radius 3 is 2.58 bits per heavy atom. The van der Waals surface area contributed by atoms with Crippen LogP contribution >= 0.6 is 11.8 Å². The molecule has 38 heavy (non-hydrogen) atoms. The van der Waals surface area contributed by atoms with Crippen molar-refractivity contribution in [3.63, 3.8) is 0 Å². The molecule has 0 unspecified atom stereocenters. The van der Waals surface area contributed by atoms with E-state index >= 15 is 0 Å². The Bertz CT molecular complexity index is 1320. The Hall–Kier alpha value is -3.67. The van der Waals surface area contributed by atoms with Crippen molar-refractivity contribution in [2.75, 3.05) is 16.0 Å². The average Bonchev–Trinajstić information content (AvgIpc) is 3.48. The number of urea groups is 1. The van der Waals surface area contributed by atoms with Crippen LogP contribution in [0.25, 0.3) is 11.4 Å². The number of benzene rings is 2. The molecule has 2 heterocycles. The number of anilines is 2. The molecule has 0 spiro atoms. The molecule has 0 atom stereocenters. The number of rotatable bonds is 8. The number of para-hydroxylation sites is 1. The van der Waals surface area contributed by atoms with Crippen LogP contribution in [0.5, 0.6) is 0 Å². The van der Waals surface area contributed by atoms with Crippen LogP contribution in [0.3, 0.4) is 0 Å². The number of hydrogen-bond donors (Lipinski definition) is 1. The number of alkyl halides is 3. The number of thioether (sulfide) groups is 1. The van der Waals surface area contributed by atoms with Gasteiger partial charge in [-0.15, -0.1) is 0 Å². The summed E-state index contributed by atoms with van der Waals surface area (Å²) < 4.78 is 38.4. The van der Waals surface area contributed by atoms with E-state index in [2.05, 4.69) is 20.4 Å². The molecule has 0 bridgehead atoms. The maximum atomic E-state index is 12.7. The SMILES string of the molecule is CC(C)c1ccccc1N1C(=O)CSC1=NC(=O)Nc1ccc(-c2ncn(CCCCC(F)(F)F)n2)cc1. The van der Waals surface area contributed by atoms with Gasteiger partial charge in [-0.3, -0.25) is 14.4 Å². The minimum Gasteiger partial charge on any atom is -0.306 e. The molecule has 1 fully saturated rings. The molecule has 0 saturated carbocycles. The molecule has 3 amide bonds. The van der Waals surface area contributed by atoms with Crippen molar-refractivity contribution in [3.05, 3.63) is 60.4 Å². The topological polar surface area (TPSA) is 92.5 Å². The highest BCUT2D eigenvalue weighted by atomic mass is 32.2. The number of halogens is 3. The predicted octanol–water partition coefficient (Wildman–Crippen LogP) is 6.47. The first-order valence-electron chi connectivity index (χ1n) is 12.1. The van der Waals surface area contributed by atoms with E-state index in [9.17, 15) is 22.8 Å². The fraction of sp³-hybridized carbons (Fsp3) is 0.346. The maximum Gasteiger partial charge on any atom is 0.389 e. The summed E-state index contributed by atoms with van der Waals surface area (Å²) in [6.45, 7) is 4.42. The smallest absolute Gasteiger partial charge is 0.306 e. The number of carbonyl (C=O) groups is 2. The Labute approximate surface area is 222 Å². The summed E-state index contributed by atoms with van der Waals surface area (Å²) in [5.74, 6) is 0.689. The van der Waals surface area contributed by atoms with Crippen LogP contribution < -0.4 is 10.2 Å². The molecule has 1 aliphatic heterocycles. The molecular weight excluding hydrogens is 517 g/mol. The molecule has 4 rings (SSSR count).